The molecule has 1 aromatic carbocycles. The van der Waals surface area contributed by atoms with E-state index in [2.05, 4.69) is 34.5 Å². The SMILES string of the molecule is CC1(C)C/C(=N\NC(=O)c2ccncc2)c2cnn(-c3ccc(F)cc3)c2C1. The van der Waals surface area contributed by atoms with Crippen LogP contribution in [0.3, 0.4) is 0 Å². The number of fused-ring (bicyclic) bond motifs is 1. The molecule has 2 aromatic heterocycles. The molecule has 0 unspecified atom stereocenters. The Morgan fingerprint density at radius 3 is 2.57 bits per heavy atom. The molecule has 2 heterocycles. The van der Waals surface area contributed by atoms with Crippen molar-refractivity contribution in [1.29, 1.82) is 0 Å². The highest BCUT2D eigenvalue weighted by atomic mass is 19.1. The van der Waals surface area contributed by atoms with Crippen LogP contribution in [0.5, 0.6) is 0 Å². The Morgan fingerprint density at radius 1 is 1.14 bits per heavy atom. The molecule has 28 heavy (non-hydrogen) atoms. The van der Waals surface area contributed by atoms with Gasteiger partial charge in [-0.1, -0.05) is 13.8 Å². The van der Waals surface area contributed by atoms with Crippen molar-refractivity contribution in [2.24, 2.45) is 10.5 Å². The fourth-order valence-electron chi connectivity index (χ4n) is 3.44. The predicted molar refractivity (Wildman–Crippen MR) is 104 cm³/mol. The summed E-state index contributed by atoms with van der Waals surface area (Å²) in [6.45, 7) is 4.30. The Labute approximate surface area is 162 Å². The van der Waals surface area contributed by atoms with Crippen LogP contribution in [-0.4, -0.2) is 26.4 Å². The first-order valence-corrected chi connectivity index (χ1v) is 9.03. The van der Waals surface area contributed by atoms with Gasteiger partial charge >= 0.3 is 0 Å². The van der Waals surface area contributed by atoms with E-state index in [0.29, 0.717) is 12.0 Å². The number of amides is 1. The van der Waals surface area contributed by atoms with Crippen LogP contribution in [-0.2, 0) is 6.42 Å². The summed E-state index contributed by atoms with van der Waals surface area (Å²) in [5, 5.41) is 8.89. The molecule has 0 radical (unpaired) electrons. The van der Waals surface area contributed by atoms with Gasteiger partial charge in [0.15, 0.2) is 0 Å². The number of nitrogens with zero attached hydrogens (tertiary/aromatic N) is 4. The number of hydrogen-bond donors (Lipinski definition) is 1. The Balaban J connectivity index is 1.67. The first kappa shape index (κ1) is 18.0. The average Bonchev–Trinajstić information content (AvgIpc) is 3.09. The topological polar surface area (TPSA) is 72.2 Å². The van der Waals surface area contributed by atoms with E-state index in [4.69, 9.17) is 0 Å². The third kappa shape index (κ3) is 3.55. The van der Waals surface area contributed by atoms with Crippen LogP contribution < -0.4 is 5.43 Å². The van der Waals surface area contributed by atoms with Crippen molar-refractivity contribution in [3.63, 3.8) is 0 Å². The minimum absolute atomic E-state index is 0.0506. The molecule has 142 valence electrons. The van der Waals surface area contributed by atoms with Crippen molar-refractivity contribution in [3.8, 4) is 5.69 Å². The van der Waals surface area contributed by atoms with E-state index in [0.717, 1.165) is 29.1 Å². The Bertz CT molecular complexity index is 1040. The van der Waals surface area contributed by atoms with Gasteiger partial charge in [0.1, 0.15) is 5.82 Å². The summed E-state index contributed by atoms with van der Waals surface area (Å²) in [5.41, 5.74) is 6.56. The number of benzene rings is 1. The van der Waals surface area contributed by atoms with Crippen LogP contribution in [0.15, 0.2) is 60.1 Å². The second kappa shape index (κ2) is 6.99. The second-order valence-electron chi connectivity index (χ2n) is 7.65. The molecule has 1 aliphatic rings. The minimum Gasteiger partial charge on any atom is -0.267 e. The third-order valence-corrected chi connectivity index (χ3v) is 4.78. The largest absolute Gasteiger partial charge is 0.271 e. The van der Waals surface area contributed by atoms with Crippen LogP contribution in [0, 0.1) is 11.2 Å². The zero-order valence-corrected chi connectivity index (χ0v) is 15.7. The van der Waals surface area contributed by atoms with E-state index in [1.807, 2.05) is 4.68 Å². The summed E-state index contributed by atoms with van der Waals surface area (Å²) in [6, 6.07) is 9.51. The highest BCUT2D eigenvalue weighted by Gasteiger charge is 2.33. The number of hydrazone groups is 1. The van der Waals surface area contributed by atoms with Crippen molar-refractivity contribution in [2.45, 2.75) is 26.7 Å². The average molecular weight is 377 g/mol. The molecular weight excluding hydrogens is 357 g/mol. The molecule has 7 heteroatoms. The maximum atomic E-state index is 13.3. The second-order valence-corrected chi connectivity index (χ2v) is 7.65. The van der Waals surface area contributed by atoms with Gasteiger partial charge in [-0.25, -0.2) is 14.5 Å². The van der Waals surface area contributed by atoms with Crippen molar-refractivity contribution in [1.82, 2.24) is 20.2 Å². The van der Waals surface area contributed by atoms with Crippen molar-refractivity contribution >= 4 is 11.6 Å². The van der Waals surface area contributed by atoms with Gasteiger partial charge in [0.25, 0.3) is 5.91 Å². The summed E-state index contributed by atoms with van der Waals surface area (Å²) in [7, 11) is 0. The molecule has 1 N–H and O–H groups in total. The van der Waals surface area contributed by atoms with Gasteiger partial charge in [0, 0.05) is 23.5 Å². The van der Waals surface area contributed by atoms with E-state index < -0.39 is 0 Å². The van der Waals surface area contributed by atoms with E-state index in [1.165, 1.54) is 12.1 Å². The highest BCUT2D eigenvalue weighted by Crippen LogP contribution is 2.35. The van der Waals surface area contributed by atoms with E-state index >= 15 is 0 Å². The summed E-state index contributed by atoms with van der Waals surface area (Å²) in [4.78, 5) is 16.2. The maximum absolute atomic E-state index is 13.3. The van der Waals surface area contributed by atoms with E-state index in [1.54, 1.807) is 42.9 Å². The molecule has 0 atom stereocenters. The number of hydrogen-bond acceptors (Lipinski definition) is 4. The monoisotopic (exact) mass is 377 g/mol. The standard InChI is InChI=1S/C21H20FN5O/c1-21(2)11-18(25-26-20(28)14-7-9-23-10-8-14)17-13-24-27(19(17)12-21)16-5-3-15(22)4-6-16/h3-10,13H,11-12H2,1-2H3,(H,26,28)/b25-18+. The number of pyridine rings is 1. The molecule has 0 fully saturated rings. The van der Waals surface area contributed by atoms with Crippen LogP contribution in [0.4, 0.5) is 4.39 Å². The van der Waals surface area contributed by atoms with Gasteiger partial charge < -0.3 is 0 Å². The van der Waals surface area contributed by atoms with Gasteiger partial charge in [0.2, 0.25) is 0 Å². The Kier molecular flexibility index (Phi) is 4.50. The molecule has 3 aromatic rings. The molecule has 0 spiro atoms. The zero-order chi connectivity index (χ0) is 19.7. The molecule has 6 nitrogen and oxygen atoms in total. The molecule has 0 saturated carbocycles. The summed E-state index contributed by atoms with van der Waals surface area (Å²) < 4.78 is 15.1. The lowest BCUT2D eigenvalue weighted by Gasteiger charge is -2.30. The Morgan fingerprint density at radius 2 is 1.86 bits per heavy atom. The maximum Gasteiger partial charge on any atom is 0.271 e. The predicted octanol–water partition coefficient (Wildman–Crippen LogP) is 3.51. The number of rotatable bonds is 3. The van der Waals surface area contributed by atoms with Crippen LogP contribution in [0.25, 0.3) is 5.69 Å². The normalized spacial score (nSPS) is 16.6. The molecule has 0 bridgehead atoms. The van der Waals surface area contributed by atoms with Gasteiger partial charge in [-0.2, -0.15) is 10.2 Å². The van der Waals surface area contributed by atoms with E-state index in [9.17, 15) is 9.18 Å². The smallest absolute Gasteiger partial charge is 0.267 e. The van der Waals surface area contributed by atoms with Crippen molar-refractivity contribution < 1.29 is 9.18 Å². The third-order valence-electron chi connectivity index (χ3n) is 4.78. The van der Waals surface area contributed by atoms with Gasteiger partial charge in [-0.05, 0) is 54.7 Å². The molecule has 1 amide bonds. The Hall–Kier alpha value is -3.35. The van der Waals surface area contributed by atoms with Gasteiger partial charge in [0.05, 0.1) is 23.3 Å². The summed E-state index contributed by atoms with van der Waals surface area (Å²) in [5.74, 6) is -0.572. The number of carbonyl (C=O) groups excluding carboxylic acids is 1. The highest BCUT2D eigenvalue weighted by molar-refractivity contribution is 6.04. The molecule has 0 aliphatic heterocycles. The summed E-state index contributed by atoms with van der Waals surface area (Å²) >= 11 is 0. The molecule has 4 rings (SSSR count). The molecule has 1 aliphatic carbocycles. The number of carbonyl (C=O) groups is 1. The lowest BCUT2D eigenvalue weighted by atomic mass is 9.76. The number of halogens is 1. The minimum atomic E-state index is -0.286. The van der Waals surface area contributed by atoms with Crippen LogP contribution in [0.2, 0.25) is 0 Å². The lowest BCUT2D eigenvalue weighted by molar-refractivity contribution is 0.0954. The van der Waals surface area contributed by atoms with Gasteiger partial charge in [-0.15, -0.1) is 0 Å². The molecular formula is C21H20FN5O. The van der Waals surface area contributed by atoms with Gasteiger partial charge in [-0.3, -0.25) is 9.78 Å². The molecule has 0 saturated heterocycles. The fourth-order valence-corrected chi connectivity index (χ4v) is 3.44. The number of nitrogens with one attached hydrogen (secondary N) is 1. The van der Waals surface area contributed by atoms with Crippen molar-refractivity contribution in [2.75, 3.05) is 0 Å². The fraction of sp³-hybridized carbons (Fsp3) is 0.238. The zero-order valence-electron chi connectivity index (χ0n) is 15.7. The first-order valence-electron chi connectivity index (χ1n) is 9.03. The quantitative estimate of drug-likeness (QED) is 0.710. The van der Waals surface area contributed by atoms with Crippen LogP contribution >= 0.6 is 0 Å². The summed E-state index contributed by atoms with van der Waals surface area (Å²) in [6.07, 6.45) is 6.40. The van der Waals surface area contributed by atoms with E-state index in [-0.39, 0.29) is 17.1 Å². The van der Waals surface area contributed by atoms with Crippen LogP contribution in [0.1, 0.15) is 41.9 Å². The lowest BCUT2D eigenvalue weighted by Crippen LogP contribution is -2.30. The first-order chi connectivity index (χ1) is 13.4. The number of aromatic nitrogens is 3. The van der Waals surface area contributed by atoms with Crippen molar-refractivity contribution in [3.05, 3.63) is 77.6 Å².